The predicted molar refractivity (Wildman–Crippen MR) is 71.6 cm³/mol. The van der Waals surface area contributed by atoms with Crippen molar-refractivity contribution in [2.24, 2.45) is 11.8 Å². The van der Waals surface area contributed by atoms with Gasteiger partial charge in [0.2, 0.25) is 17.7 Å². The molecule has 0 aliphatic carbocycles. The molecule has 1 aromatic rings. The number of benzene rings is 1. The molecule has 5 nitrogen and oxygen atoms in total. The third-order valence-corrected chi connectivity index (χ3v) is 4.03. The maximum atomic E-state index is 12.3. The molecule has 0 radical (unpaired) electrons. The zero-order chi connectivity index (χ0) is 14.3. The van der Waals surface area contributed by atoms with Gasteiger partial charge in [-0.1, -0.05) is 29.8 Å². The summed E-state index contributed by atoms with van der Waals surface area (Å²) in [6.07, 6.45) is 0.316. The van der Waals surface area contributed by atoms with Crippen molar-refractivity contribution in [3.63, 3.8) is 0 Å². The van der Waals surface area contributed by atoms with Gasteiger partial charge in [-0.05, 0) is 12.5 Å². The molecule has 104 valence electrons. The van der Waals surface area contributed by atoms with E-state index in [0.717, 1.165) is 11.1 Å². The Labute approximate surface area is 116 Å². The molecule has 2 heterocycles. The fourth-order valence-electron chi connectivity index (χ4n) is 2.95. The van der Waals surface area contributed by atoms with Crippen molar-refractivity contribution in [1.29, 1.82) is 0 Å². The number of hydrogen-bond donors (Lipinski definition) is 1. The first kappa shape index (κ1) is 12.8. The van der Waals surface area contributed by atoms with Crippen LogP contribution >= 0.6 is 0 Å². The zero-order valence-corrected chi connectivity index (χ0v) is 11.3. The number of fused-ring (bicyclic) bond motifs is 1. The fourth-order valence-corrected chi connectivity index (χ4v) is 2.95. The molecule has 3 rings (SSSR count). The Balaban J connectivity index is 1.68. The second-order valence-corrected chi connectivity index (χ2v) is 5.53. The topological polar surface area (TPSA) is 66.5 Å². The molecule has 1 aromatic carbocycles. The molecule has 2 saturated heterocycles. The first-order valence-electron chi connectivity index (χ1n) is 6.72. The summed E-state index contributed by atoms with van der Waals surface area (Å²) in [5.41, 5.74) is 2.07. The monoisotopic (exact) mass is 272 g/mol. The number of carbonyl (C=O) groups is 3. The lowest BCUT2D eigenvalue weighted by molar-refractivity contribution is -0.131. The Morgan fingerprint density at radius 1 is 1.25 bits per heavy atom. The van der Waals surface area contributed by atoms with Gasteiger partial charge in [-0.2, -0.15) is 0 Å². The average molecular weight is 272 g/mol. The molecule has 2 aliphatic heterocycles. The minimum Gasteiger partial charge on any atom is -0.341 e. The van der Waals surface area contributed by atoms with Gasteiger partial charge in [0.1, 0.15) is 0 Å². The Morgan fingerprint density at radius 3 is 2.50 bits per heavy atom. The summed E-state index contributed by atoms with van der Waals surface area (Å²) in [4.78, 5) is 37.0. The van der Waals surface area contributed by atoms with Crippen LogP contribution < -0.4 is 5.32 Å². The van der Waals surface area contributed by atoms with Gasteiger partial charge in [0.05, 0.1) is 18.3 Å². The molecule has 3 amide bonds. The number of imide groups is 1. The maximum absolute atomic E-state index is 12.3. The van der Waals surface area contributed by atoms with Gasteiger partial charge in [-0.3, -0.25) is 19.7 Å². The van der Waals surface area contributed by atoms with Gasteiger partial charge in [-0.25, -0.2) is 0 Å². The van der Waals surface area contributed by atoms with E-state index in [2.05, 4.69) is 5.32 Å². The third kappa shape index (κ3) is 2.19. The van der Waals surface area contributed by atoms with Crippen LogP contribution in [0.15, 0.2) is 24.3 Å². The molecule has 2 aliphatic rings. The van der Waals surface area contributed by atoms with Crippen LogP contribution in [0.1, 0.15) is 11.1 Å². The lowest BCUT2D eigenvalue weighted by atomic mass is 10.00. The van der Waals surface area contributed by atoms with Crippen LogP contribution in [0.3, 0.4) is 0 Å². The van der Waals surface area contributed by atoms with Crippen molar-refractivity contribution in [2.45, 2.75) is 13.3 Å². The number of carbonyl (C=O) groups excluding carboxylic acids is 3. The zero-order valence-electron chi connectivity index (χ0n) is 11.3. The standard InChI is InChI=1S/C15H16N2O3/c1-9-3-2-4-10(5-9)6-13(18)17-7-11-12(8-17)15(20)16-14(11)19/h2-5,11-12H,6-8H2,1H3,(H,16,19,20)/t11-,12+. The summed E-state index contributed by atoms with van der Waals surface area (Å²) in [5.74, 6) is -1.23. The molecule has 0 bridgehead atoms. The molecule has 0 saturated carbocycles. The molecular formula is C15H16N2O3. The second kappa shape index (κ2) is 4.74. The Kier molecular flexibility index (Phi) is 3.04. The highest BCUT2D eigenvalue weighted by Crippen LogP contribution is 2.28. The number of likely N-dealkylation sites (tertiary alicyclic amines) is 1. The number of rotatable bonds is 2. The van der Waals surface area contributed by atoms with Crippen molar-refractivity contribution < 1.29 is 14.4 Å². The van der Waals surface area contributed by atoms with E-state index in [1.54, 1.807) is 4.90 Å². The Bertz CT molecular complexity index is 575. The molecule has 2 atom stereocenters. The van der Waals surface area contributed by atoms with Crippen LogP contribution in [0.4, 0.5) is 0 Å². The van der Waals surface area contributed by atoms with Crippen molar-refractivity contribution in [2.75, 3.05) is 13.1 Å². The summed E-state index contributed by atoms with van der Waals surface area (Å²) in [5, 5.41) is 2.32. The summed E-state index contributed by atoms with van der Waals surface area (Å²) in [6, 6.07) is 7.80. The molecule has 0 aromatic heterocycles. The van der Waals surface area contributed by atoms with Gasteiger partial charge in [0, 0.05) is 13.1 Å². The molecule has 2 fully saturated rings. The van der Waals surface area contributed by atoms with Gasteiger partial charge >= 0.3 is 0 Å². The fraction of sp³-hybridized carbons (Fsp3) is 0.400. The molecule has 5 heteroatoms. The van der Waals surface area contributed by atoms with Crippen molar-refractivity contribution in [1.82, 2.24) is 10.2 Å². The van der Waals surface area contributed by atoms with E-state index >= 15 is 0 Å². The van der Waals surface area contributed by atoms with Gasteiger partial charge in [0.15, 0.2) is 0 Å². The summed E-state index contributed by atoms with van der Waals surface area (Å²) >= 11 is 0. The molecule has 20 heavy (non-hydrogen) atoms. The highest BCUT2D eigenvalue weighted by Gasteiger charge is 2.48. The molecule has 1 N–H and O–H groups in total. The summed E-state index contributed by atoms with van der Waals surface area (Å²) in [7, 11) is 0. The lowest BCUT2D eigenvalue weighted by Crippen LogP contribution is -2.35. The number of nitrogens with zero attached hydrogens (tertiary/aromatic N) is 1. The minimum atomic E-state index is -0.357. The van der Waals surface area contributed by atoms with E-state index in [1.807, 2.05) is 31.2 Å². The maximum Gasteiger partial charge on any atom is 0.232 e. The van der Waals surface area contributed by atoms with E-state index in [9.17, 15) is 14.4 Å². The van der Waals surface area contributed by atoms with Gasteiger partial charge in [0.25, 0.3) is 0 Å². The van der Waals surface area contributed by atoms with Gasteiger partial charge < -0.3 is 4.90 Å². The van der Waals surface area contributed by atoms with Crippen LogP contribution in [0.2, 0.25) is 0 Å². The Morgan fingerprint density at radius 2 is 1.90 bits per heavy atom. The first-order chi connectivity index (χ1) is 9.54. The van der Waals surface area contributed by atoms with E-state index in [1.165, 1.54) is 0 Å². The van der Waals surface area contributed by atoms with E-state index in [-0.39, 0.29) is 29.6 Å². The number of hydrogen-bond acceptors (Lipinski definition) is 3. The third-order valence-electron chi connectivity index (χ3n) is 4.03. The minimum absolute atomic E-state index is 0.0226. The first-order valence-corrected chi connectivity index (χ1v) is 6.72. The SMILES string of the molecule is Cc1cccc(CC(=O)N2C[C@@H]3C(=O)NC(=O)[C@@H]3C2)c1. The molecule has 0 unspecified atom stereocenters. The Hall–Kier alpha value is -2.17. The van der Waals surface area contributed by atoms with Crippen LogP contribution in [0.25, 0.3) is 0 Å². The molecule has 0 spiro atoms. The quantitative estimate of drug-likeness (QED) is 0.786. The van der Waals surface area contributed by atoms with Crippen molar-refractivity contribution in [3.05, 3.63) is 35.4 Å². The summed E-state index contributed by atoms with van der Waals surface area (Å²) < 4.78 is 0. The normalized spacial score (nSPS) is 24.8. The number of aryl methyl sites for hydroxylation is 1. The number of amides is 3. The smallest absolute Gasteiger partial charge is 0.232 e. The van der Waals surface area contributed by atoms with Crippen LogP contribution in [0, 0.1) is 18.8 Å². The largest absolute Gasteiger partial charge is 0.341 e. The summed E-state index contributed by atoms with van der Waals surface area (Å²) in [6.45, 7) is 2.69. The van der Waals surface area contributed by atoms with Crippen LogP contribution in [-0.4, -0.2) is 35.7 Å². The van der Waals surface area contributed by atoms with Crippen molar-refractivity contribution in [3.8, 4) is 0 Å². The van der Waals surface area contributed by atoms with Crippen molar-refractivity contribution >= 4 is 17.7 Å². The second-order valence-electron chi connectivity index (χ2n) is 5.53. The van der Waals surface area contributed by atoms with Gasteiger partial charge in [-0.15, -0.1) is 0 Å². The van der Waals surface area contributed by atoms with Crippen LogP contribution in [0.5, 0.6) is 0 Å². The van der Waals surface area contributed by atoms with E-state index in [0.29, 0.717) is 19.5 Å². The predicted octanol–water partition coefficient (Wildman–Crippen LogP) is 0.269. The highest BCUT2D eigenvalue weighted by atomic mass is 16.2. The van der Waals surface area contributed by atoms with E-state index < -0.39 is 0 Å². The van der Waals surface area contributed by atoms with E-state index in [4.69, 9.17) is 0 Å². The van der Waals surface area contributed by atoms with Crippen LogP contribution in [-0.2, 0) is 20.8 Å². The lowest BCUT2D eigenvalue weighted by Gasteiger charge is -2.17. The highest BCUT2D eigenvalue weighted by molar-refractivity contribution is 6.06. The molecular weight excluding hydrogens is 256 g/mol. The average Bonchev–Trinajstić information content (AvgIpc) is 2.92. The number of nitrogens with one attached hydrogen (secondary N) is 1.